The Morgan fingerprint density at radius 3 is 2.46 bits per heavy atom. The minimum Gasteiger partial charge on any atom is -0.454 e. The summed E-state index contributed by atoms with van der Waals surface area (Å²) in [6.45, 7) is 5.60. The number of hydrogen-bond acceptors (Lipinski definition) is 6. The van der Waals surface area contributed by atoms with Gasteiger partial charge in [-0.2, -0.15) is 0 Å². The molecule has 0 unspecified atom stereocenters. The molecule has 9 heteroatoms. The number of alkyl carbamates (subject to hydrolysis) is 1. The van der Waals surface area contributed by atoms with Crippen molar-refractivity contribution in [3.8, 4) is 11.5 Å². The van der Waals surface area contributed by atoms with Gasteiger partial charge in [0.05, 0.1) is 6.54 Å². The van der Waals surface area contributed by atoms with Crippen LogP contribution in [-0.2, 0) is 9.53 Å². The lowest BCUT2D eigenvalue weighted by molar-refractivity contribution is -0.120. The quantitative estimate of drug-likeness (QED) is 0.642. The lowest BCUT2D eigenvalue weighted by Gasteiger charge is -2.19. The van der Waals surface area contributed by atoms with E-state index in [0.29, 0.717) is 17.1 Å². The lowest BCUT2D eigenvalue weighted by atomic mass is 10.2. The number of benzene rings is 1. The van der Waals surface area contributed by atoms with Crippen LogP contribution in [0, 0.1) is 0 Å². The predicted octanol–water partition coefficient (Wildman–Crippen LogP) is 0.786. The van der Waals surface area contributed by atoms with Crippen LogP contribution in [0.25, 0.3) is 0 Å². The molecule has 142 valence electrons. The third kappa shape index (κ3) is 6.15. The Labute approximate surface area is 151 Å². The van der Waals surface area contributed by atoms with Crippen LogP contribution in [0.3, 0.4) is 0 Å². The summed E-state index contributed by atoms with van der Waals surface area (Å²) in [5.74, 6) is 0.461. The van der Waals surface area contributed by atoms with E-state index in [1.54, 1.807) is 39.0 Å². The van der Waals surface area contributed by atoms with Crippen LogP contribution in [0.15, 0.2) is 18.2 Å². The fourth-order valence-electron chi connectivity index (χ4n) is 2.05. The second kappa shape index (κ2) is 8.41. The molecule has 0 saturated carbocycles. The number of carbonyl (C=O) groups is 3. The van der Waals surface area contributed by atoms with Gasteiger partial charge in [0, 0.05) is 18.7 Å². The van der Waals surface area contributed by atoms with Crippen LogP contribution in [0.5, 0.6) is 11.5 Å². The minimum absolute atomic E-state index is 0.143. The van der Waals surface area contributed by atoms with Crippen LogP contribution in [0.4, 0.5) is 4.79 Å². The van der Waals surface area contributed by atoms with Crippen molar-refractivity contribution in [2.75, 3.05) is 26.4 Å². The number of nitrogens with one attached hydrogen (secondary N) is 3. The molecule has 1 aromatic carbocycles. The Balaban J connectivity index is 1.63. The molecule has 0 spiro atoms. The zero-order valence-electron chi connectivity index (χ0n) is 15.0. The SMILES string of the molecule is CC(C)(C)OC(=O)NCC(=O)NCCNC(=O)c1ccc2c(c1)OCO2. The van der Waals surface area contributed by atoms with Crippen LogP contribution in [0.1, 0.15) is 31.1 Å². The van der Waals surface area contributed by atoms with Crippen molar-refractivity contribution in [1.82, 2.24) is 16.0 Å². The van der Waals surface area contributed by atoms with Gasteiger partial charge in [-0.05, 0) is 39.0 Å². The first-order chi connectivity index (χ1) is 12.2. The van der Waals surface area contributed by atoms with Crippen LogP contribution >= 0.6 is 0 Å². The highest BCUT2D eigenvalue weighted by molar-refractivity contribution is 5.95. The molecule has 0 fully saturated rings. The molecule has 3 amide bonds. The summed E-state index contributed by atoms with van der Waals surface area (Å²) in [4.78, 5) is 35.1. The highest BCUT2D eigenvalue weighted by Crippen LogP contribution is 2.32. The van der Waals surface area contributed by atoms with Crippen molar-refractivity contribution >= 4 is 17.9 Å². The van der Waals surface area contributed by atoms with Gasteiger partial charge in [-0.15, -0.1) is 0 Å². The minimum atomic E-state index is -0.663. The molecule has 9 nitrogen and oxygen atoms in total. The first-order valence-electron chi connectivity index (χ1n) is 8.16. The molecule has 0 bridgehead atoms. The number of carbonyl (C=O) groups excluding carboxylic acids is 3. The molecular formula is C17H23N3O6. The maximum absolute atomic E-state index is 12.0. The standard InChI is InChI=1S/C17H23N3O6/c1-17(2,3)26-16(23)20-9-14(21)18-6-7-19-15(22)11-4-5-12-13(8-11)25-10-24-12/h4-5,8H,6-7,9-10H2,1-3H3,(H,18,21)(H,19,22)(H,20,23). The van der Waals surface area contributed by atoms with E-state index in [1.807, 2.05) is 0 Å². The largest absolute Gasteiger partial charge is 0.454 e. The number of fused-ring (bicyclic) bond motifs is 1. The second-order valence-corrected chi connectivity index (χ2v) is 6.53. The van der Waals surface area contributed by atoms with Gasteiger partial charge in [-0.3, -0.25) is 9.59 Å². The zero-order chi connectivity index (χ0) is 19.2. The van der Waals surface area contributed by atoms with Crippen molar-refractivity contribution in [2.24, 2.45) is 0 Å². The molecular weight excluding hydrogens is 342 g/mol. The first kappa shape index (κ1) is 19.4. The van der Waals surface area contributed by atoms with E-state index in [2.05, 4.69) is 16.0 Å². The van der Waals surface area contributed by atoms with Gasteiger partial charge < -0.3 is 30.2 Å². The normalized spacial score (nSPS) is 12.3. The Hall–Kier alpha value is -2.97. The molecule has 0 aromatic heterocycles. The molecule has 1 aromatic rings. The number of rotatable bonds is 6. The number of amides is 3. The first-order valence-corrected chi connectivity index (χ1v) is 8.16. The smallest absolute Gasteiger partial charge is 0.408 e. The average Bonchev–Trinajstić information content (AvgIpc) is 3.02. The van der Waals surface area contributed by atoms with E-state index in [1.165, 1.54) is 0 Å². The highest BCUT2D eigenvalue weighted by Gasteiger charge is 2.17. The average molecular weight is 365 g/mol. The topological polar surface area (TPSA) is 115 Å². The molecule has 0 saturated heterocycles. The number of ether oxygens (including phenoxy) is 3. The molecule has 1 aliphatic rings. The third-order valence-electron chi connectivity index (χ3n) is 3.16. The Bertz CT molecular complexity index is 684. The van der Waals surface area contributed by atoms with E-state index < -0.39 is 11.7 Å². The summed E-state index contributed by atoms with van der Waals surface area (Å²) >= 11 is 0. The van der Waals surface area contributed by atoms with Gasteiger partial charge in [0.2, 0.25) is 12.7 Å². The molecule has 1 heterocycles. The predicted molar refractivity (Wildman–Crippen MR) is 92.1 cm³/mol. The van der Waals surface area contributed by atoms with Crippen LogP contribution < -0.4 is 25.4 Å². The third-order valence-corrected chi connectivity index (χ3v) is 3.16. The fourth-order valence-corrected chi connectivity index (χ4v) is 2.05. The molecule has 0 radical (unpaired) electrons. The van der Waals surface area contributed by atoms with Crippen LogP contribution in [0.2, 0.25) is 0 Å². The molecule has 2 rings (SSSR count). The highest BCUT2D eigenvalue weighted by atomic mass is 16.7. The van der Waals surface area contributed by atoms with Gasteiger partial charge in [0.1, 0.15) is 5.60 Å². The van der Waals surface area contributed by atoms with Crippen molar-refractivity contribution in [2.45, 2.75) is 26.4 Å². The van der Waals surface area contributed by atoms with Gasteiger partial charge in [0.25, 0.3) is 5.91 Å². The summed E-state index contributed by atoms with van der Waals surface area (Å²) in [6, 6.07) is 4.90. The maximum Gasteiger partial charge on any atom is 0.408 e. The van der Waals surface area contributed by atoms with E-state index in [4.69, 9.17) is 14.2 Å². The van der Waals surface area contributed by atoms with Gasteiger partial charge in [-0.25, -0.2) is 4.79 Å². The summed E-state index contributed by atoms with van der Waals surface area (Å²) in [7, 11) is 0. The summed E-state index contributed by atoms with van der Waals surface area (Å²) in [5, 5.41) is 7.61. The van der Waals surface area contributed by atoms with Crippen molar-refractivity contribution in [3.05, 3.63) is 23.8 Å². The van der Waals surface area contributed by atoms with E-state index in [9.17, 15) is 14.4 Å². The molecule has 26 heavy (non-hydrogen) atoms. The summed E-state index contributed by atoms with van der Waals surface area (Å²) in [5.41, 5.74) is -0.188. The van der Waals surface area contributed by atoms with E-state index in [-0.39, 0.29) is 38.2 Å². The molecule has 3 N–H and O–H groups in total. The monoisotopic (exact) mass is 365 g/mol. The molecule has 0 atom stereocenters. The Morgan fingerprint density at radius 2 is 1.73 bits per heavy atom. The fraction of sp³-hybridized carbons (Fsp3) is 0.471. The molecule has 0 aliphatic carbocycles. The van der Waals surface area contributed by atoms with E-state index in [0.717, 1.165) is 0 Å². The van der Waals surface area contributed by atoms with Crippen LogP contribution in [-0.4, -0.2) is 49.9 Å². The van der Waals surface area contributed by atoms with Gasteiger partial charge in [0.15, 0.2) is 11.5 Å². The number of hydrogen-bond donors (Lipinski definition) is 3. The van der Waals surface area contributed by atoms with Gasteiger partial charge >= 0.3 is 6.09 Å². The summed E-state index contributed by atoms with van der Waals surface area (Å²) < 4.78 is 15.4. The van der Waals surface area contributed by atoms with Crippen molar-refractivity contribution in [3.63, 3.8) is 0 Å². The van der Waals surface area contributed by atoms with Gasteiger partial charge in [-0.1, -0.05) is 0 Å². The van der Waals surface area contributed by atoms with E-state index >= 15 is 0 Å². The molecule has 1 aliphatic heterocycles. The second-order valence-electron chi connectivity index (χ2n) is 6.53. The van der Waals surface area contributed by atoms with Crippen molar-refractivity contribution in [1.29, 1.82) is 0 Å². The Morgan fingerprint density at radius 1 is 1.04 bits per heavy atom. The lowest BCUT2D eigenvalue weighted by Crippen LogP contribution is -2.42. The summed E-state index contributed by atoms with van der Waals surface area (Å²) in [6.07, 6.45) is -0.663. The zero-order valence-corrected chi connectivity index (χ0v) is 15.0. The maximum atomic E-state index is 12.0. The van der Waals surface area contributed by atoms with Crippen molar-refractivity contribution < 1.29 is 28.6 Å². The Kier molecular flexibility index (Phi) is 6.26.